The van der Waals surface area contributed by atoms with Crippen LogP contribution in [0.5, 0.6) is 0 Å². The zero-order valence-corrected chi connectivity index (χ0v) is 11.5. The minimum atomic E-state index is 0.0298. The van der Waals surface area contributed by atoms with E-state index in [0.29, 0.717) is 23.9 Å². The highest BCUT2D eigenvalue weighted by Crippen LogP contribution is 2.23. The van der Waals surface area contributed by atoms with Crippen molar-refractivity contribution in [3.8, 4) is 0 Å². The normalized spacial score (nSPS) is 12.6. The summed E-state index contributed by atoms with van der Waals surface area (Å²) in [4.78, 5) is 5.40. The Hall–Kier alpha value is -1.04. The number of benzene rings is 1. The van der Waals surface area contributed by atoms with Gasteiger partial charge in [0.15, 0.2) is 5.82 Å². The monoisotopic (exact) mass is 283 g/mol. The summed E-state index contributed by atoms with van der Waals surface area (Å²) in [6.07, 6.45) is 0.610. The predicted octanol–water partition coefficient (Wildman–Crippen LogP) is 2.91. The molecule has 1 heterocycles. The second-order valence-electron chi connectivity index (χ2n) is 4.03. The van der Waals surface area contributed by atoms with Crippen molar-refractivity contribution in [3.63, 3.8) is 0 Å². The van der Waals surface area contributed by atoms with Gasteiger partial charge in [-0.15, -0.1) is 11.8 Å². The minimum absolute atomic E-state index is 0.0298. The van der Waals surface area contributed by atoms with Gasteiger partial charge in [0.05, 0.1) is 5.75 Å². The van der Waals surface area contributed by atoms with Crippen LogP contribution >= 0.6 is 23.4 Å². The molecule has 1 unspecified atom stereocenters. The highest BCUT2D eigenvalue weighted by atomic mass is 35.5. The van der Waals surface area contributed by atoms with Crippen molar-refractivity contribution >= 4 is 23.4 Å². The molecule has 0 saturated heterocycles. The number of rotatable bonds is 5. The smallest absolute Gasteiger partial charge is 0.228 e. The Morgan fingerprint density at radius 2 is 2.11 bits per heavy atom. The van der Waals surface area contributed by atoms with Crippen molar-refractivity contribution in [2.24, 2.45) is 5.73 Å². The summed E-state index contributed by atoms with van der Waals surface area (Å²) in [6, 6.07) is 7.69. The van der Waals surface area contributed by atoms with Crippen LogP contribution in [0.3, 0.4) is 0 Å². The van der Waals surface area contributed by atoms with Crippen LogP contribution in [-0.2, 0) is 12.2 Å². The number of hydrogen-bond acceptors (Lipinski definition) is 5. The van der Waals surface area contributed by atoms with Crippen molar-refractivity contribution < 1.29 is 4.52 Å². The van der Waals surface area contributed by atoms with E-state index >= 15 is 0 Å². The molecule has 6 heteroatoms. The molecule has 0 radical (unpaired) electrons. The number of nitrogens with zero attached hydrogens (tertiary/aromatic N) is 2. The van der Waals surface area contributed by atoms with E-state index in [0.717, 1.165) is 9.92 Å². The zero-order valence-electron chi connectivity index (χ0n) is 9.97. The van der Waals surface area contributed by atoms with E-state index in [1.165, 1.54) is 0 Å². The van der Waals surface area contributed by atoms with Crippen LogP contribution in [0.2, 0.25) is 5.02 Å². The van der Waals surface area contributed by atoms with E-state index in [-0.39, 0.29) is 6.04 Å². The lowest BCUT2D eigenvalue weighted by molar-refractivity contribution is 0.368. The molecule has 1 aromatic carbocycles. The first-order chi connectivity index (χ1) is 8.63. The van der Waals surface area contributed by atoms with Crippen LogP contribution < -0.4 is 5.73 Å². The first-order valence-electron chi connectivity index (χ1n) is 5.59. The second-order valence-corrected chi connectivity index (χ2v) is 5.51. The molecule has 0 aliphatic rings. The molecule has 2 rings (SSSR count). The van der Waals surface area contributed by atoms with Crippen LogP contribution in [0.1, 0.15) is 18.6 Å². The predicted molar refractivity (Wildman–Crippen MR) is 72.7 cm³/mol. The van der Waals surface area contributed by atoms with Gasteiger partial charge >= 0.3 is 0 Å². The van der Waals surface area contributed by atoms with Crippen molar-refractivity contribution in [1.29, 1.82) is 0 Å². The lowest BCUT2D eigenvalue weighted by Gasteiger charge is -1.98. The summed E-state index contributed by atoms with van der Waals surface area (Å²) in [5, 5.41) is 4.65. The molecule has 2 aromatic rings. The SMILES string of the molecule is CC(N)Cc1nc(CSc2ccc(Cl)cc2)no1. The van der Waals surface area contributed by atoms with E-state index in [2.05, 4.69) is 10.1 Å². The van der Waals surface area contributed by atoms with Crippen LogP contribution in [0, 0.1) is 0 Å². The van der Waals surface area contributed by atoms with Gasteiger partial charge < -0.3 is 10.3 Å². The third-order valence-electron chi connectivity index (χ3n) is 2.19. The molecular formula is C12H14ClN3OS. The number of thioether (sulfide) groups is 1. The van der Waals surface area contributed by atoms with Crippen LogP contribution in [0.15, 0.2) is 33.7 Å². The average Bonchev–Trinajstić information content (AvgIpc) is 2.75. The largest absolute Gasteiger partial charge is 0.339 e. The standard InChI is InChI=1S/C12H14ClN3OS/c1-8(14)6-12-15-11(16-17-12)7-18-10-4-2-9(13)3-5-10/h2-5,8H,6-7,14H2,1H3. The quantitative estimate of drug-likeness (QED) is 0.855. The molecule has 4 nitrogen and oxygen atoms in total. The van der Waals surface area contributed by atoms with Crippen LogP contribution in [-0.4, -0.2) is 16.2 Å². The van der Waals surface area contributed by atoms with Gasteiger partial charge in [0, 0.05) is 22.4 Å². The molecule has 0 amide bonds. The zero-order chi connectivity index (χ0) is 13.0. The van der Waals surface area contributed by atoms with E-state index in [9.17, 15) is 0 Å². The van der Waals surface area contributed by atoms with Gasteiger partial charge in [-0.05, 0) is 31.2 Å². The molecular weight excluding hydrogens is 270 g/mol. The molecule has 0 fully saturated rings. The fourth-order valence-electron chi connectivity index (χ4n) is 1.39. The van der Waals surface area contributed by atoms with Gasteiger partial charge in [0.1, 0.15) is 0 Å². The van der Waals surface area contributed by atoms with Crippen LogP contribution in [0.25, 0.3) is 0 Å². The Morgan fingerprint density at radius 3 is 2.78 bits per heavy atom. The first-order valence-corrected chi connectivity index (χ1v) is 6.95. The van der Waals surface area contributed by atoms with Gasteiger partial charge in [-0.2, -0.15) is 4.98 Å². The number of nitrogens with two attached hydrogens (primary N) is 1. The summed E-state index contributed by atoms with van der Waals surface area (Å²) in [5.41, 5.74) is 5.67. The summed E-state index contributed by atoms with van der Waals surface area (Å²) in [6.45, 7) is 1.91. The van der Waals surface area contributed by atoms with Crippen molar-refractivity contribution in [1.82, 2.24) is 10.1 Å². The van der Waals surface area contributed by atoms with E-state index in [1.54, 1.807) is 11.8 Å². The summed E-state index contributed by atoms with van der Waals surface area (Å²) in [5.74, 6) is 1.95. The minimum Gasteiger partial charge on any atom is -0.339 e. The number of hydrogen-bond donors (Lipinski definition) is 1. The van der Waals surface area contributed by atoms with Gasteiger partial charge in [0.25, 0.3) is 0 Å². The lowest BCUT2D eigenvalue weighted by atomic mass is 10.2. The van der Waals surface area contributed by atoms with Gasteiger partial charge in [-0.25, -0.2) is 0 Å². The Morgan fingerprint density at radius 1 is 1.39 bits per heavy atom. The van der Waals surface area contributed by atoms with Crippen LogP contribution in [0.4, 0.5) is 0 Å². The molecule has 0 saturated carbocycles. The third kappa shape index (κ3) is 4.01. The van der Waals surface area contributed by atoms with Crippen molar-refractivity contribution in [3.05, 3.63) is 41.0 Å². The molecule has 18 heavy (non-hydrogen) atoms. The Balaban J connectivity index is 1.90. The Labute approximate surface area is 115 Å². The van der Waals surface area contributed by atoms with Crippen molar-refractivity contribution in [2.75, 3.05) is 0 Å². The Kier molecular flexibility index (Phi) is 4.63. The second kappa shape index (κ2) is 6.22. The summed E-state index contributed by atoms with van der Waals surface area (Å²) < 4.78 is 5.11. The molecule has 1 aromatic heterocycles. The molecule has 0 aliphatic carbocycles. The maximum absolute atomic E-state index is 5.82. The Bertz CT molecular complexity index is 498. The highest BCUT2D eigenvalue weighted by molar-refractivity contribution is 7.98. The summed E-state index contributed by atoms with van der Waals surface area (Å²) in [7, 11) is 0. The molecule has 0 spiro atoms. The topological polar surface area (TPSA) is 64.9 Å². The first kappa shape index (κ1) is 13.4. The highest BCUT2D eigenvalue weighted by Gasteiger charge is 2.08. The molecule has 2 N–H and O–H groups in total. The third-order valence-corrected chi connectivity index (χ3v) is 3.45. The fraction of sp³-hybridized carbons (Fsp3) is 0.333. The maximum Gasteiger partial charge on any atom is 0.228 e. The maximum atomic E-state index is 5.82. The van der Waals surface area contributed by atoms with E-state index in [4.69, 9.17) is 21.9 Å². The van der Waals surface area contributed by atoms with Crippen molar-refractivity contribution in [2.45, 2.75) is 30.0 Å². The molecule has 96 valence electrons. The van der Waals surface area contributed by atoms with E-state index < -0.39 is 0 Å². The van der Waals surface area contributed by atoms with Gasteiger partial charge in [-0.1, -0.05) is 16.8 Å². The van der Waals surface area contributed by atoms with Gasteiger partial charge in [0.2, 0.25) is 5.89 Å². The molecule has 1 atom stereocenters. The molecule has 0 bridgehead atoms. The average molecular weight is 284 g/mol. The molecule has 0 aliphatic heterocycles. The summed E-state index contributed by atoms with van der Waals surface area (Å²) >= 11 is 7.46. The van der Waals surface area contributed by atoms with Gasteiger partial charge in [-0.3, -0.25) is 0 Å². The lowest BCUT2D eigenvalue weighted by Crippen LogP contribution is -2.17. The van der Waals surface area contributed by atoms with E-state index in [1.807, 2.05) is 31.2 Å². The number of halogens is 1. The number of aromatic nitrogens is 2. The fourth-order valence-corrected chi connectivity index (χ4v) is 2.25.